The summed E-state index contributed by atoms with van der Waals surface area (Å²) in [6.07, 6.45) is -0.0206. The van der Waals surface area contributed by atoms with Crippen LogP contribution in [0.4, 0.5) is 5.69 Å². The number of ether oxygens (including phenoxy) is 1. The molecule has 0 saturated heterocycles. The van der Waals surface area contributed by atoms with Crippen molar-refractivity contribution in [3.8, 4) is 5.75 Å². The number of benzene rings is 1. The Morgan fingerprint density at radius 1 is 1.56 bits per heavy atom. The Hall–Kier alpha value is -2.11. The van der Waals surface area contributed by atoms with Gasteiger partial charge in [0.15, 0.2) is 5.75 Å². The highest BCUT2D eigenvalue weighted by molar-refractivity contribution is 5.77. The van der Waals surface area contributed by atoms with Crippen LogP contribution in [0.15, 0.2) is 18.2 Å². The third-order valence-electron chi connectivity index (χ3n) is 1.90. The van der Waals surface area contributed by atoms with E-state index in [0.29, 0.717) is 12.2 Å². The fourth-order valence-corrected chi connectivity index (χ4v) is 1.29. The van der Waals surface area contributed by atoms with Crippen molar-refractivity contribution in [2.75, 3.05) is 6.61 Å². The van der Waals surface area contributed by atoms with Gasteiger partial charge in [-0.05, 0) is 18.6 Å². The van der Waals surface area contributed by atoms with E-state index in [-0.39, 0.29) is 17.9 Å². The summed E-state index contributed by atoms with van der Waals surface area (Å²) in [6.45, 7) is 2.08. The third-order valence-corrected chi connectivity index (χ3v) is 1.90. The number of carbonyl (C=O) groups excluding carboxylic acids is 1. The van der Waals surface area contributed by atoms with Crippen molar-refractivity contribution < 1.29 is 14.5 Å². The van der Waals surface area contributed by atoms with Crippen LogP contribution in [-0.2, 0) is 11.2 Å². The molecule has 2 N–H and O–H groups in total. The van der Waals surface area contributed by atoms with Gasteiger partial charge in [-0.1, -0.05) is 6.07 Å². The molecule has 0 aromatic heterocycles. The fraction of sp³-hybridized carbons (Fsp3) is 0.300. The summed E-state index contributed by atoms with van der Waals surface area (Å²) < 4.78 is 5.10. The van der Waals surface area contributed by atoms with Crippen molar-refractivity contribution in [3.05, 3.63) is 33.9 Å². The SMILES string of the molecule is CCOc1ccc(CC(N)=O)cc1[N+](=O)[O-]. The minimum atomic E-state index is -0.546. The van der Waals surface area contributed by atoms with Gasteiger partial charge >= 0.3 is 5.69 Å². The number of primary amides is 1. The van der Waals surface area contributed by atoms with Crippen LogP contribution in [0.2, 0.25) is 0 Å². The van der Waals surface area contributed by atoms with Crippen molar-refractivity contribution in [2.45, 2.75) is 13.3 Å². The summed E-state index contributed by atoms with van der Waals surface area (Å²) in [6, 6.07) is 4.36. The topological polar surface area (TPSA) is 95.5 Å². The zero-order valence-corrected chi connectivity index (χ0v) is 8.80. The molecule has 0 radical (unpaired) electrons. The molecule has 1 amide bonds. The molecule has 0 bridgehead atoms. The maximum atomic E-state index is 10.7. The Bertz CT molecular complexity index is 417. The van der Waals surface area contributed by atoms with Crippen LogP contribution >= 0.6 is 0 Å². The van der Waals surface area contributed by atoms with Crippen molar-refractivity contribution in [1.82, 2.24) is 0 Å². The molecular formula is C10H12N2O4. The third kappa shape index (κ3) is 2.94. The van der Waals surface area contributed by atoms with E-state index < -0.39 is 10.8 Å². The second kappa shape index (κ2) is 5.11. The Balaban J connectivity index is 3.06. The van der Waals surface area contributed by atoms with Gasteiger partial charge in [-0.25, -0.2) is 0 Å². The van der Waals surface area contributed by atoms with Crippen molar-refractivity contribution in [1.29, 1.82) is 0 Å². The van der Waals surface area contributed by atoms with Crippen LogP contribution in [0.3, 0.4) is 0 Å². The summed E-state index contributed by atoms with van der Waals surface area (Å²) in [5.41, 5.74) is 5.36. The van der Waals surface area contributed by atoms with Crippen LogP contribution in [0.5, 0.6) is 5.75 Å². The Kier molecular flexibility index (Phi) is 3.82. The molecular weight excluding hydrogens is 212 g/mol. The second-order valence-electron chi connectivity index (χ2n) is 3.14. The number of hydrogen-bond acceptors (Lipinski definition) is 4. The number of nitro benzene ring substituents is 1. The molecule has 1 rings (SSSR count). The molecule has 0 spiro atoms. The molecule has 0 saturated carbocycles. The molecule has 16 heavy (non-hydrogen) atoms. The molecule has 6 heteroatoms. The number of nitrogens with two attached hydrogens (primary N) is 1. The number of hydrogen-bond donors (Lipinski definition) is 1. The van der Waals surface area contributed by atoms with Gasteiger partial charge < -0.3 is 10.5 Å². The minimum Gasteiger partial charge on any atom is -0.487 e. The monoisotopic (exact) mass is 224 g/mol. The van der Waals surface area contributed by atoms with E-state index in [9.17, 15) is 14.9 Å². The number of nitrogens with zero attached hydrogens (tertiary/aromatic N) is 1. The molecule has 0 heterocycles. The van der Waals surface area contributed by atoms with Gasteiger partial charge in [-0.3, -0.25) is 14.9 Å². The van der Waals surface area contributed by atoms with E-state index >= 15 is 0 Å². The first-order chi connectivity index (χ1) is 7.54. The zero-order chi connectivity index (χ0) is 12.1. The second-order valence-corrected chi connectivity index (χ2v) is 3.14. The average Bonchev–Trinajstić information content (AvgIpc) is 2.19. The fourth-order valence-electron chi connectivity index (χ4n) is 1.29. The highest BCUT2D eigenvalue weighted by Gasteiger charge is 2.16. The lowest BCUT2D eigenvalue weighted by atomic mass is 10.1. The molecule has 0 aliphatic rings. The van der Waals surface area contributed by atoms with Gasteiger partial charge in [-0.2, -0.15) is 0 Å². The maximum absolute atomic E-state index is 10.7. The normalized spacial score (nSPS) is 9.81. The molecule has 0 aliphatic heterocycles. The molecule has 0 atom stereocenters. The number of rotatable bonds is 5. The Labute approximate surface area is 92.2 Å². The summed E-state index contributed by atoms with van der Waals surface area (Å²) in [5.74, 6) is -0.334. The van der Waals surface area contributed by atoms with E-state index in [1.54, 1.807) is 13.0 Å². The number of carbonyl (C=O) groups is 1. The molecule has 1 aromatic rings. The highest BCUT2D eigenvalue weighted by atomic mass is 16.6. The lowest BCUT2D eigenvalue weighted by molar-refractivity contribution is -0.385. The standard InChI is InChI=1S/C10H12N2O4/c1-2-16-9-4-3-7(6-10(11)13)5-8(9)12(14)15/h3-5H,2,6H2,1H3,(H2,11,13). The first-order valence-corrected chi connectivity index (χ1v) is 4.73. The molecule has 1 aromatic carbocycles. The number of nitro groups is 1. The quantitative estimate of drug-likeness (QED) is 0.596. The van der Waals surface area contributed by atoms with E-state index in [2.05, 4.69) is 0 Å². The van der Waals surface area contributed by atoms with E-state index in [1.165, 1.54) is 12.1 Å². The largest absolute Gasteiger partial charge is 0.487 e. The van der Waals surface area contributed by atoms with Gasteiger partial charge in [0.1, 0.15) is 0 Å². The van der Waals surface area contributed by atoms with Crippen LogP contribution in [0, 0.1) is 10.1 Å². The van der Waals surface area contributed by atoms with Gasteiger partial charge in [0.2, 0.25) is 5.91 Å². The van der Waals surface area contributed by atoms with E-state index in [0.717, 1.165) is 0 Å². The maximum Gasteiger partial charge on any atom is 0.311 e. The molecule has 6 nitrogen and oxygen atoms in total. The zero-order valence-electron chi connectivity index (χ0n) is 8.80. The first-order valence-electron chi connectivity index (χ1n) is 4.73. The predicted molar refractivity (Wildman–Crippen MR) is 57.2 cm³/mol. The van der Waals surface area contributed by atoms with Crippen LogP contribution < -0.4 is 10.5 Å². The van der Waals surface area contributed by atoms with Crippen molar-refractivity contribution in [2.24, 2.45) is 5.73 Å². The van der Waals surface area contributed by atoms with Crippen LogP contribution in [0.1, 0.15) is 12.5 Å². The van der Waals surface area contributed by atoms with E-state index in [4.69, 9.17) is 10.5 Å². The van der Waals surface area contributed by atoms with Crippen LogP contribution in [-0.4, -0.2) is 17.4 Å². The first kappa shape index (κ1) is 12.0. The predicted octanol–water partition coefficient (Wildman–Crippen LogP) is 1.02. The Morgan fingerprint density at radius 3 is 2.75 bits per heavy atom. The van der Waals surface area contributed by atoms with E-state index in [1.807, 2.05) is 0 Å². The van der Waals surface area contributed by atoms with Crippen molar-refractivity contribution in [3.63, 3.8) is 0 Å². The minimum absolute atomic E-state index is 0.0206. The molecule has 86 valence electrons. The molecule has 0 unspecified atom stereocenters. The lowest BCUT2D eigenvalue weighted by Gasteiger charge is -2.05. The van der Waals surface area contributed by atoms with Crippen molar-refractivity contribution >= 4 is 11.6 Å². The lowest BCUT2D eigenvalue weighted by Crippen LogP contribution is -2.13. The Morgan fingerprint density at radius 2 is 2.25 bits per heavy atom. The summed E-state index contributed by atoms with van der Waals surface area (Å²) >= 11 is 0. The highest BCUT2D eigenvalue weighted by Crippen LogP contribution is 2.27. The number of amides is 1. The summed E-state index contributed by atoms with van der Waals surface area (Å²) in [4.78, 5) is 20.9. The van der Waals surface area contributed by atoms with Gasteiger partial charge in [-0.15, -0.1) is 0 Å². The summed E-state index contributed by atoms with van der Waals surface area (Å²) in [5, 5.41) is 10.7. The summed E-state index contributed by atoms with van der Waals surface area (Å²) in [7, 11) is 0. The molecule has 0 fully saturated rings. The van der Waals surface area contributed by atoms with Gasteiger partial charge in [0.25, 0.3) is 0 Å². The van der Waals surface area contributed by atoms with Gasteiger partial charge in [0, 0.05) is 6.07 Å². The average molecular weight is 224 g/mol. The van der Waals surface area contributed by atoms with Crippen LogP contribution in [0.25, 0.3) is 0 Å². The van der Waals surface area contributed by atoms with Gasteiger partial charge in [0.05, 0.1) is 18.0 Å². The smallest absolute Gasteiger partial charge is 0.311 e. The molecule has 0 aliphatic carbocycles.